The van der Waals surface area contributed by atoms with Gasteiger partial charge < -0.3 is 20.7 Å². The number of anilines is 2. The van der Waals surface area contributed by atoms with Crippen LogP contribution in [-0.4, -0.2) is 36.6 Å². The molecule has 0 saturated carbocycles. The highest BCUT2D eigenvalue weighted by Crippen LogP contribution is 2.34. The Morgan fingerprint density at radius 3 is 3.00 bits per heavy atom. The van der Waals surface area contributed by atoms with Crippen molar-refractivity contribution in [2.45, 2.75) is 32.7 Å². The molecule has 0 aliphatic carbocycles. The zero-order chi connectivity index (χ0) is 20.8. The minimum Gasteiger partial charge on any atom is -0.491 e. The van der Waals surface area contributed by atoms with Crippen molar-refractivity contribution in [1.29, 1.82) is 0 Å². The van der Waals surface area contributed by atoms with Crippen molar-refractivity contribution in [3.05, 3.63) is 46.5 Å². The van der Waals surface area contributed by atoms with Gasteiger partial charge in [-0.2, -0.15) is 0 Å². The molecule has 5 rings (SSSR count). The lowest BCUT2D eigenvalue weighted by Crippen LogP contribution is -2.42. The molecule has 2 atom stereocenters. The lowest BCUT2D eigenvalue weighted by Gasteiger charge is -2.28. The molecule has 1 aromatic carbocycles. The molecule has 6 nitrogen and oxygen atoms in total. The van der Waals surface area contributed by atoms with Crippen LogP contribution in [0.1, 0.15) is 34.3 Å². The van der Waals surface area contributed by atoms with Crippen LogP contribution in [0, 0.1) is 12.8 Å². The Hall–Kier alpha value is -2.80. The zero-order valence-corrected chi connectivity index (χ0v) is 18.1. The average molecular weight is 423 g/mol. The Morgan fingerprint density at radius 1 is 1.33 bits per heavy atom. The van der Waals surface area contributed by atoms with E-state index < -0.39 is 0 Å². The van der Waals surface area contributed by atoms with Crippen LogP contribution in [0.15, 0.2) is 30.3 Å². The van der Waals surface area contributed by atoms with Gasteiger partial charge in [0.25, 0.3) is 5.91 Å². The highest BCUT2D eigenvalue weighted by atomic mass is 32.1. The summed E-state index contributed by atoms with van der Waals surface area (Å²) < 4.78 is 6.02. The van der Waals surface area contributed by atoms with E-state index in [4.69, 9.17) is 10.5 Å². The van der Waals surface area contributed by atoms with Crippen molar-refractivity contribution in [1.82, 2.24) is 10.3 Å². The number of thiophene rings is 1. The summed E-state index contributed by atoms with van der Waals surface area (Å²) in [6.07, 6.45) is 1.99. The molecule has 30 heavy (non-hydrogen) atoms. The van der Waals surface area contributed by atoms with E-state index >= 15 is 0 Å². The Morgan fingerprint density at radius 2 is 2.20 bits per heavy atom. The van der Waals surface area contributed by atoms with Gasteiger partial charge in [-0.25, -0.2) is 4.98 Å². The van der Waals surface area contributed by atoms with E-state index in [9.17, 15) is 4.79 Å². The van der Waals surface area contributed by atoms with Gasteiger partial charge in [-0.05, 0) is 49.4 Å². The van der Waals surface area contributed by atoms with E-state index in [2.05, 4.69) is 40.3 Å². The summed E-state index contributed by atoms with van der Waals surface area (Å²) in [5.41, 5.74) is 10.00. The van der Waals surface area contributed by atoms with E-state index in [1.807, 2.05) is 19.1 Å². The SMILES string of the molecule is Cc1ccc2c(N)c(C(=O)N[C@H]3COc4cc(N5CC[C@@H](C)C5)ccc4C3)sc2n1. The number of nitrogen functional groups attached to an aromatic ring is 1. The first-order valence-electron chi connectivity index (χ1n) is 10.4. The lowest BCUT2D eigenvalue weighted by atomic mass is 10.0. The van der Waals surface area contributed by atoms with Crippen molar-refractivity contribution in [2.75, 3.05) is 30.3 Å². The smallest absolute Gasteiger partial charge is 0.263 e. The standard InChI is InChI=1S/C23H26N4O2S/c1-13-7-8-27(11-13)17-5-4-15-9-16(12-29-19(15)10-17)26-22(28)21-20(24)18-6-3-14(2)25-23(18)30-21/h3-6,10,13,16H,7-9,11-12,24H2,1-2H3,(H,26,28)/t13-,16-/m1/s1. The van der Waals surface area contributed by atoms with E-state index in [-0.39, 0.29) is 11.9 Å². The van der Waals surface area contributed by atoms with Crippen LogP contribution in [-0.2, 0) is 6.42 Å². The number of aromatic nitrogens is 1. The molecule has 0 radical (unpaired) electrons. The summed E-state index contributed by atoms with van der Waals surface area (Å²) in [5.74, 6) is 1.51. The van der Waals surface area contributed by atoms with Crippen molar-refractivity contribution >= 4 is 38.8 Å². The van der Waals surface area contributed by atoms with Gasteiger partial charge in [0.05, 0.1) is 11.7 Å². The predicted octanol–water partition coefficient (Wildman–Crippen LogP) is 3.77. The number of nitrogens with zero attached hydrogens (tertiary/aromatic N) is 2. The van der Waals surface area contributed by atoms with Gasteiger partial charge in [-0.1, -0.05) is 13.0 Å². The molecule has 7 heteroatoms. The normalized spacial score (nSPS) is 20.8. The fraction of sp³-hybridized carbons (Fsp3) is 0.391. The second-order valence-electron chi connectivity index (χ2n) is 8.47. The first-order valence-corrected chi connectivity index (χ1v) is 11.3. The number of carbonyl (C=O) groups is 1. The van der Waals surface area contributed by atoms with Crippen LogP contribution in [0.3, 0.4) is 0 Å². The van der Waals surface area contributed by atoms with Crippen molar-refractivity contribution < 1.29 is 9.53 Å². The third-order valence-electron chi connectivity index (χ3n) is 6.02. The topological polar surface area (TPSA) is 80.5 Å². The molecule has 2 aliphatic heterocycles. The van der Waals surface area contributed by atoms with E-state index in [0.717, 1.165) is 52.7 Å². The number of benzene rings is 1. The van der Waals surface area contributed by atoms with Gasteiger partial charge in [0.1, 0.15) is 22.1 Å². The van der Waals surface area contributed by atoms with Crippen LogP contribution >= 0.6 is 11.3 Å². The van der Waals surface area contributed by atoms with Gasteiger partial charge in [0.15, 0.2) is 0 Å². The molecular weight excluding hydrogens is 396 g/mol. The zero-order valence-electron chi connectivity index (χ0n) is 17.3. The fourth-order valence-electron chi connectivity index (χ4n) is 4.33. The number of nitrogens with two attached hydrogens (primary N) is 1. The molecule has 0 spiro atoms. The number of amides is 1. The van der Waals surface area contributed by atoms with Gasteiger partial charge in [-0.3, -0.25) is 4.79 Å². The van der Waals surface area contributed by atoms with Gasteiger partial charge in [0, 0.05) is 35.9 Å². The molecule has 1 saturated heterocycles. The Kier molecular flexibility index (Phi) is 4.77. The number of pyridine rings is 1. The third kappa shape index (κ3) is 3.47. The number of hydrogen-bond acceptors (Lipinski definition) is 6. The monoisotopic (exact) mass is 422 g/mol. The Bertz CT molecular complexity index is 1130. The molecule has 2 aliphatic rings. The van der Waals surface area contributed by atoms with Gasteiger partial charge in [-0.15, -0.1) is 11.3 Å². The average Bonchev–Trinajstić information content (AvgIpc) is 3.31. The number of carbonyl (C=O) groups excluding carboxylic acids is 1. The molecule has 0 bridgehead atoms. The van der Waals surface area contributed by atoms with Crippen LogP contribution < -0.4 is 20.7 Å². The summed E-state index contributed by atoms with van der Waals surface area (Å²) >= 11 is 1.34. The molecular formula is C23H26N4O2S. The highest BCUT2D eigenvalue weighted by molar-refractivity contribution is 7.21. The molecule has 1 fully saturated rings. The minimum atomic E-state index is -0.159. The summed E-state index contributed by atoms with van der Waals surface area (Å²) in [4.78, 5) is 21.1. The number of hydrogen-bond donors (Lipinski definition) is 2. The third-order valence-corrected chi connectivity index (χ3v) is 7.13. The lowest BCUT2D eigenvalue weighted by molar-refractivity contribution is 0.0920. The summed E-state index contributed by atoms with van der Waals surface area (Å²) in [6, 6.07) is 10.2. The molecule has 1 amide bonds. The maximum Gasteiger partial charge on any atom is 0.263 e. The molecule has 3 N–H and O–H groups in total. The number of fused-ring (bicyclic) bond motifs is 2. The molecule has 156 valence electrons. The van der Waals surface area contributed by atoms with Crippen molar-refractivity contribution in [2.24, 2.45) is 5.92 Å². The van der Waals surface area contributed by atoms with Crippen LogP contribution in [0.5, 0.6) is 5.75 Å². The predicted molar refractivity (Wildman–Crippen MR) is 122 cm³/mol. The van der Waals surface area contributed by atoms with Crippen LogP contribution in [0.4, 0.5) is 11.4 Å². The second kappa shape index (κ2) is 7.47. The van der Waals surface area contributed by atoms with Gasteiger partial charge in [0.2, 0.25) is 0 Å². The van der Waals surface area contributed by atoms with E-state index in [0.29, 0.717) is 17.2 Å². The quantitative estimate of drug-likeness (QED) is 0.672. The van der Waals surface area contributed by atoms with Crippen molar-refractivity contribution in [3.8, 4) is 5.75 Å². The first-order chi connectivity index (χ1) is 14.5. The second-order valence-corrected chi connectivity index (χ2v) is 9.47. The number of ether oxygens (including phenoxy) is 1. The van der Waals surface area contributed by atoms with Gasteiger partial charge >= 0.3 is 0 Å². The largest absolute Gasteiger partial charge is 0.491 e. The number of aryl methyl sites for hydroxylation is 1. The van der Waals surface area contributed by atoms with E-state index in [1.165, 1.54) is 23.4 Å². The summed E-state index contributed by atoms with van der Waals surface area (Å²) in [6.45, 7) is 6.89. The van der Waals surface area contributed by atoms with Crippen LogP contribution in [0.25, 0.3) is 10.2 Å². The Balaban J connectivity index is 1.30. The number of nitrogens with one attached hydrogen (secondary N) is 1. The number of rotatable bonds is 3. The van der Waals surface area contributed by atoms with Crippen LogP contribution in [0.2, 0.25) is 0 Å². The molecule has 3 aromatic rings. The highest BCUT2D eigenvalue weighted by Gasteiger charge is 2.26. The molecule has 2 aromatic heterocycles. The molecule has 0 unspecified atom stereocenters. The molecule has 4 heterocycles. The minimum absolute atomic E-state index is 0.0815. The fourth-order valence-corrected chi connectivity index (χ4v) is 5.37. The summed E-state index contributed by atoms with van der Waals surface area (Å²) in [5, 5.41) is 3.93. The summed E-state index contributed by atoms with van der Waals surface area (Å²) in [7, 11) is 0. The maximum atomic E-state index is 12.9. The van der Waals surface area contributed by atoms with Crippen molar-refractivity contribution in [3.63, 3.8) is 0 Å². The van der Waals surface area contributed by atoms with E-state index in [1.54, 1.807) is 0 Å². The maximum absolute atomic E-state index is 12.9. The first kappa shape index (κ1) is 19.2. The Labute approximate surface area is 180 Å².